The topological polar surface area (TPSA) is 108 Å². The highest BCUT2D eigenvalue weighted by atomic mass is 31.2. The molecule has 0 radical (unpaired) electrons. The molecule has 0 saturated carbocycles. The summed E-state index contributed by atoms with van der Waals surface area (Å²) in [6.07, 6.45) is 54.1. The number of likely N-dealkylation sites (N-methyl/N-ethyl adjacent to an activating group) is 1. The smallest absolute Gasteiger partial charge is 0.462 e. The molecule has 1 unspecified atom stereocenters. The van der Waals surface area contributed by atoms with Crippen LogP contribution in [0.4, 0.5) is 0 Å². The Hall–Kier alpha value is -2.29. The Kier molecular flexibility index (Phi) is 42.3. The van der Waals surface area contributed by atoms with Gasteiger partial charge in [0.2, 0.25) is 0 Å². The SMILES string of the molecule is CCC/C=C/C/C=C/C/C=C/C/C=C/CCCCCC(=O)OC[C@H](COP(=O)(O)OCC[N+](C)(C)C)OC(=O)CCCCCCCCCCCCC/C=C/CCCCCCCC. The molecule has 0 heterocycles. The number of ether oxygens (including phenoxy) is 2. The van der Waals surface area contributed by atoms with Gasteiger partial charge >= 0.3 is 19.8 Å². The molecule has 0 aliphatic rings. The maximum Gasteiger partial charge on any atom is 0.472 e. The first-order valence-corrected chi connectivity index (χ1v) is 26.5. The van der Waals surface area contributed by atoms with Gasteiger partial charge in [0.05, 0.1) is 27.7 Å². The van der Waals surface area contributed by atoms with Gasteiger partial charge in [-0.1, -0.05) is 177 Å². The molecule has 62 heavy (non-hydrogen) atoms. The Bertz CT molecular complexity index is 1240. The highest BCUT2D eigenvalue weighted by Crippen LogP contribution is 2.43. The molecule has 360 valence electrons. The van der Waals surface area contributed by atoms with Crippen LogP contribution >= 0.6 is 7.82 Å². The Morgan fingerprint density at radius 3 is 1.39 bits per heavy atom. The fraction of sp³-hybridized carbons (Fsp3) is 0.769. The number of hydrogen-bond donors (Lipinski definition) is 1. The van der Waals surface area contributed by atoms with E-state index in [4.69, 9.17) is 18.5 Å². The van der Waals surface area contributed by atoms with Gasteiger partial charge in [-0.3, -0.25) is 18.6 Å². The third-order valence-electron chi connectivity index (χ3n) is 10.5. The predicted octanol–water partition coefficient (Wildman–Crippen LogP) is 14.8. The van der Waals surface area contributed by atoms with Crippen LogP contribution in [0.5, 0.6) is 0 Å². The fourth-order valence-corrected chi connectivity index (χ4v) is 7.33. The Labute approximate surface area is 381 Å². The van der Waals surface area contributed by atoms with Crippen molar-refractivity contribution in [3.05, 3.63) is 60.8 Å². The van der Waals surface area contributed by atoms with E-state index in [0.29, 0.717) is 23.9 Å². The number of esters is 2. The molecule has 0 rings (SSSR count). The Balaban J connectivity index is 4.31. The summed E-state index contributed by atoms with van der Waals surface area (Å²) >= 11 is 0. The summed E-state index contributed by atoms with van der Waals surface area (Å²) in [5.41, 5.74) is 0. The minimum absolute atomic E-state index is 0.0243. The van der Waals surface area contributed by atoms with E-state index < -0.39 is 32.5 Å². The van der Waals surface area contributed by atoms with Crippen molar-refractivity contribution in [2.45, 2.75) is 213 Å². The van der Waals surface area contributed by atoms with E-state index >= 15 is 0 Å². The van der Waals surface area contributed by atoms with E-state index in [1.165, 1.54) is 103 Å². The van der Waals surface area contributed by atoms with Crippen molar-refractivity contribution in [1.82, 2.24) is 0 Å². The molecule has 0 aliphatic heterocycles. The van der Waals surface area contributed by atoms with Crippen molar-refractivity contribution in [3.63, 3.8) is 0 Å². The molecule has 2 atom stereocenters. The van der Waals surface area contributed by atoms with Crippen LogP contribution in [0.25, 0.3) is 0 Å². The van der Waals surface area contributed by atoms with E-state index in [9.17, 15) is 19.0 Å². The normalized spacial score (nSPS) is 14.0. The number of nitrogens with zero attached hydrogens (tertiary/aromatic N) is 1. The number of allylic oxidation sites excluding steroid dienone is 10. The molecular weight excluding hydrogens is 798 g/mol. The molecule has 0 amide bonds. The van der Waals surface area contributed by atoms with E-state index in [0.717, 1.165) is 64.2 Å². The van der Waals surface area contributed by atoms with Gasteiger partial charge in [0, 0.05) is 12.8 Å². The van der Waals surface area contributed by atoms with Crippen molar-refractivity contribution in [3.8, 4) is 0 Å². The number of phosphoric acid groups is 1. The van der Waals surface area contributed by atoms with Gasteiger partial charge in [-0.05, 0) is 77.0 Å². The second-order valence-corrected chi connectivity index (χ2v) is 19.3. The van der Waals surface area contributed by atoms with Gasteiger partial charge < -0.3 is 18.9 Å². The van der Waals surface area contributed by atoms with E-state index in [1.54, 1.807) is 0 Å². The second-order valence-electron chi connectivity index (χ2n) is 17.8. The minimum atomic E-state index is -4.39. The molecule has 0 bridgehead atoms. The van der Waals surface area contributed by atoms with Gasteiger partial charge in [-0.25, -0.2) is 4.57 Å². The van der Waals surface area contributed by atoms with Gasteiger partial charge in [0.15, 0.2) is 6.10 Å². The zero-order valence-corrected chi connectivity index (χ0v) is 41.5. The van der Waals surface area contributed by atoms with Crippen molar-refractivity contribution >= 4 is 19.8 Å². The van der Waals surface area contributed by atoms with Crippen molar-refractivity contribution < 1.29 is 42.1 Å². The van der Waals surface area contributed by atoms with Crippen LogP contribution in [-0.2, 0) is 32.7 Å². The number of quaternary nitrogens is 1. The maximum absolute atomic E-state index is 12.8. The molecule has 0 aromatic heterocycles. The summed E-state index contributed by atoms with van der Waals surface area (Å²) in [5.74, 6) is -0.834. The van der Waals surface area contributed by atoms with Crippen molar-refractivity contribution in [2.75, 3.05) is 47.5 Å². The largest absolute Gasteiger partial charge is 0.472 e. The highest BCUT2D eigenvalue weighted by Gasteiger charge is 2.27. The Morgan fingerprint density at radius 1 is 0.500 bits per heavy atom. The molecule has 0 aromatic rings. The van der Waals surface area contributed by atoms with E-state index in [1.807, 2.05) is 21.1 Å². The minimum Gasteiger partial charge on any atom is -0.462 e. The van der Waals surface area contributed by atoms with Gasteiger partial charge in [-0.15, -0.1) is 0 Å². The van der Waals surface area contributed by atoms with Crippen LogP contribution in [0.1, 0.15) is 206 Å². The first-order chi connectivity index (χ1) is 30.0. The quantitative estimate of drug-likeness (QED) is 0.0212. The number of carbonyl (C=O) groups is 2. The van der Waals surface area contributed by atoms with Crippen LogP contribution in [-0.4, -0.2) is 74.9 Å². The third-order valence-corrected chi connectivity index (χ3v) is 11.5. The van der Waals surface area contributed by atoms with E-state index in [-0.39, 0.29) is 26.1 Å². The molecule has 1 N–H and O–H groups in total. The van der Waals surface area contributed by atoms with Gasteiger partial charge in [-0.2, -0.15) is 0 Å². The second kappa shape index (κ2) is 43.9. The van der Waals surface area contributed by atoms with E-state index in [2.05, 4.69) is 74.6 Å². The molecular formula is C52H95NO8P+. The number of phosphoric ester groups is 1. The summed E-state index contributed by atoms with van der Waals surface area (Å²) in [5, 5.41) is 0. The molecule has 0 saturated heterocycles. The first-order valence-electron chi connectivity index (χ1n) is 25.0. The van der Waals surface area contributed by atoms with Crippen LogP contribution in [0, 0.1) is 0 Å². The average molecular weight is 893 g/mol. The highest BCUT2D eigenvalue weighted by molar-refractivity contribution is 7.47. The molecule has 0 spiro atoms. The lowest BCUT2D eigenvalue weighted by Gasteiger charge is -2.24. The number of rotatable bonds is 45. The number of hydrogen-bond acceptors (Lipinski definition) is 7. The summed E-state index contributed by atoms with van der Waals surface area (Å²) in [6, 6.07) is 0. The summed E-state index contributed by atoms with van der Waals surface area (Å²) in [7, 11) is 1.45. The first kappa shape index (κ1) is 59.7. The summed E-state index contributed by atoms with van der Waals surface area (Å²) in [6.45, 7) is 4.32. The zero-order valence-electron chi connectivity index (χ0n) is 40.6. The molecule has 0 aromatic carbocycles. The number of unbranched alkanes of at least 4 members (excludes halogenated alkanes) is 21. The summed E-state index contributed by atoms with van der Waals surface area (Å²) in [4.78, 5) is 35.5. The molecule has 10 heteroatoms. The van der Waals surface area contributed by atoms with Crippen LogP contribution in [0.15, 0.2) is 60.8 Å². The maximum atomic E-state index is 12.8. The Morgan fingerprint density at radius 2 is 0.903 bits per heavy atom. The third kappa shape index (κ3) is 47.2. The monoisotopic (exact) mass is 893 g/mol. The van der Waals surface area contributed by atoms with Crippen LogP contribution in [0.2, 0.25) is 0 Å². The van der Waals surface area contributed by atoms with Crippen molar-refractivity contribution in [2.24, 2.45) is 0 Å². The average Bonchev–Trinajstić information content (AvgIpc) is 3.23. The fourth-order valence-electron chi connectivity index (χ4n) is 6.59. The lowest BCUT2D eigenvalue weighted by molar-refractivity contribution is -0.870. The lowest BCUT2D eigenvalue weighted by Crippen LogP contribution is -2.37. The zero-order chi connectivity index (χ0) is 45.7. The van der Waals surface area contributed by atoms with Gasteiger partial charge in [0.1, 0.15) is 19.8 Å². The van der Waals surface area contributed by atoms with Crippen LogP contribution < -0.4 is 0 Å². The molecule has 9 nitrogen and oxygen atoms in total. The molecule has 0 fully saturated rings. The lowest BCUT2D eigenvalue weighted by atomic mass is 10.0. The standard InChI is InChI=1S/C52H94NO8P/c1-6-8-10-12-14-16-18-20-22-24-25-26-27-29-31-33-35-37-39-41-43-45-52(55)61-50(49-60-62(56,57)59-47-46-53(3,4)5)48-58-51(54)44-42-40-38-36-34-32-30-28-23-21-19-17-15-13-11-9-7-2/h11,13,17,19-20,22-23,28,32,34,50H,6-10,12,14-16,18,21,24-27,29-31,33,35-49H2,1-5H3/p+1/b13-11+,19-17+,22-20+,28-23+,34-32+/t50-/m1/s1. The molecule has 0 aliphatic carbocycles. The number of carbonyl (C=O) groups excluding carboxylic acids is 2. The van der Waals surface area contributed by atoms with Crippen molar-refractivity contribution in [1.29, 1.82) is 0 Å². The predicted molar refractivity (Wildman–Crippen MR) is 261 cm³/mol. The van der Waals surface area contributed by atoms with Crippen LogP contribution in [0.3, 0.4) is 0 Å². The summed E-state index contributed by atoms with van der Waals surface area (Å²) < 4.78 is 34.4. The van der Waals surface area contributed by atoms with Gasteiger partial charge in [0.25, 0.3) is 0 Å².